The van der Waals surface area contributed by atoms with E-state index in [4.69, 9.17) is 9.97 Å². The zero-order chi connectivity index (χ0) is 36.9. The van der Waals surface area contributed by atoms with E-state index in [-0.39, 0.29) is 22.2 Å². The van der Waals surface area contributed by atoms with Crippen LogP contribution in [0, 0.1) is 20.8 Å². The smallest absolute Gasteiger partial charge is 0.269 e. The van der Waals surface area contributed by atoms with Crippen LogP contribution >= 0.6 is 0 Å². The van der Waals surface area contributed by atoms with Crippen LogP contribution in [0.4, 0.5) is 0 Å². The second kappa shape index (κ2) is 13.7. The van der Waals surface area contributed by atoms with Crippen LogP contribution in [0.1, 0.15) is 70.3 Å². The van der Waals surface area contributed by atoms with Gasteiger partial charge in [-0.2, -0.15) is 0 Å². The predicted molar refractivity (Wildman–Crippen MR) is 202 cm³/mol. The maximum atomic E-state index is 14.1. The first-order valence-corrected chi connectivity index (χ1v) is 19.3. The summed E-state index contributed by atoms with van der Waals surface area (Å²) in [5.41, 5.74) is 8.77. The molecule has 0 saturated heterocycles. The van der Waals surface area contributed by atoms with E-state index < -0.39 is 15.6 Å². The van der Waals surface area contributed by atoms with Gasteiger partial charge >= 0.3 is 0 Å². The Morgan fingerprint density at radius 2 is 1.67 bits per heavy atom. The molecule has 0 radical (unpaired) electrons. The first-order valence-electron chi connectivity index (χ1n) is 17.8. The van der Waals surface area contributed by atoms with E-state index in [0.29, 0.717) is 54.7 Å². The Labute approximate surface area is 305 Å². The number of aliphatic hydroxyl groups is 1. The standard InChI is InChI=1S/C41H45N5O5S/c1-26-6-9-33(10-7-26)52(50,51)46-25-36(29-8-11-35(28(3)20-29)40(48)44(4)5)38-39(46)42-23-37(43-38)30-21-27(2)34-14-19-45(24-31(34)22-30)18-13-32(47)12-15-41(49)16-17-41/h6-11,20-23,25,49H,12-19,24H2,1-5H3. The average Bonchev–Trinajstić information content (AvgIpc) is 3.73. The highest BCUT2D eigenvalue weighted by Crippen LogP contribution is 2.39. The van der Waals surface area contributed by atoms with Crippen molar-refractivity contribution >= 4 is 32.9 Å². The lowest BCUT2D eigenvalue weighted by molar-refractivity contribution is -0.120. The third-order valence-corrected chi connectivity index (χ3v) is 12.2. The molecule has 270 valence electrons. The van der Waals surface area contributed by atoms with Crippen molar-refractivity contribution in [3.63, 3.8) is 0 Å². The summed E-state index contributed by atoms with van der Waals surface area (Å²) >= 11 is 0. The Hall–Kier alpha value is -4.71. The Balaban J connectivity index is 1.25. The summed E-state index contributed by atoms with van der Waals surface area (Å²) in [5.74, 6) is 0.0811. The zero-order valence-electron chi connectivity index (χ0n) is 30.4. The molecule has 1 aliphatic carbocycles. The maximum Gasteiger partial charge on any atom is 0.269 e. The summed E-state index contributed by atoms with van der Waals surface area (Å²) in [7, 11) is -0.605. The second-order valence-electron chi connectivity index (χ2n) is 14.8. The molecule has 2 aliphatic rings. The highest BCUT2D eigenvalue weighted by atomic mass is 32.2. The number of fused-ring (bicyclic) bond motifs is 2. The largest absolute Gasteiger partial charge is 0.390 e. The Bertz CT molecular complexity index is 2320. The summed E-state index contributed by atoms with van der Waals surface area (Å²) in [6, 6.07) is 16.5. The van der Waals surface area contributed by atoms with Gasteiger partial charge in [-0.05, 0) is 105 Å². The molecule has 1 N–H and O–H groups in total. The van der Waals surface area contributed by atoms with Gasteiger partial charge in [0.2, 0.25) is 0 Å². The van der Waals surface area contributed by atoms with Crippen molar-refractivity contribution < 1.29 is 23.1 Å². The number of nitrogens with zero attached hydrogens (tertiary/aromatic N) is 5. The van der Waals surface area contributed by atoms with E-state index in [1.54, 1.807) is 56.8 Å². The van der Waals surface area contributed by atoms with Gasteiger partial charge in [0, 0.05) is 69.5 Å². The highest BCUT2D eigenvalue weighted by molar-refractivity contribution is 7.90. The molecule has 1 amide bonds. The van der Waals surface area contributed by atoms with Gasteiger partial charge in [0.1, 0.15) is 11.3 Å². The van der Waals surface area contributed by atoms with Gasteiger partial charge in [-0.15, -0.1) is 0 Å². The van der Waals surface area contributed by atoms with Crippen molar-refractivity contribution in [3.05, 3.63) is 100 Å². The van der Waals surface area contributed by atoms with Crippen molar-refractivity contribution in [1.82, 2.24) is 23.7 Å². The minimum atomic E-state index is -4.02. The number of ketones is 1. The SMILES string of the molecule is Cc1ccc(S(=O)(=O)n2cc(-c3ccc(C(=O)N(C)C)c(C)c3)c3nc(-c4cc(C)c5c(c4)CN(CCC(=O)CCC4(O)CC4)CC5)cnc32)cc1. The first kappa shape index (κ1) is 35.7. The molecule has 3 heterocycles. The summed E-state index contributed by atoms with van der Waals surface area (Å²) in [5, 5.41) is 10.1. The molecular weight excluding hydrogens is 675 g/mol. The fraction of sp³-hybridized carbons (Fsp3) is 0.366. The molecule has 1 fully saturated rings. The lowest BCUT2D eigenvalue weighted by atomic mass is 9.92. The van der Waals surface area contributed by atoms with Gasteiger partial charge in [0.15, 0.2) is 5.65 Å². The monoisotopic (exact) mass is 719 g/mol. The van der Waals surface area contributed by atoms with Gasteiger partial charge in [-0.3, -0.25) is 14.5 Å². The lowest BCUT2D eigenvalue weighted by Gasteiger charge is -2.30. The van der Waals surface area contributed by atoms with Gasteiger partial charge < -0.3 is 10.0 Å². The highest BCUT2D eigenvalue weighted by Gasteiger charge is 2.40. The maximum absolute atomic E-state index is 14.1. The summed E-state index contributed by atoms with van der Waals surface area (Å²) in [4.78, 5) is 39.2. The summed E-state index contributed by atoms with van der Waals surface area (Å²) in [6.07, 6.45) is 7.16. The van der Waals surface area contributed by atoms with E-state index in [1.165, 1.54) is 20.0 Å². The number of rotatable bonds is 11. The van der Waals surface area contributed by atoms with Gasteiger partial charge in [-0.25, -0.2) is 22.4 Å². The van der Waals surface area contributed by atoms with Crippen LogP contribution in [0.15, 0.2) is 71.9 Å². The number of benzene rings is 3. The first-order chi connectivity index (χ1) is 24.7. The third kappa shape index (κ3) is 7.05. The van der Waals surface area contributed by atoms with Crippen molar-refractivity contribution in [2.45, 2.75) is 76.3 Å². The molecule has 0 spiro atoms. The fourth-order valence-corrected chi connectivity index (χ4v) is 8.44. The molecule has 0 unspecified atom stereocenters. The van der Waals surface area contributed by atoms with Gasteiger partial charge in [-0.1, -0.05) is 29.8 Å². The Kier molecular flexibility index (Phi) is 9.39. The summed E-state index contributed by atoms with van der Waals surface area (Å²) in [6.45, 7) is 8.14. The van der Waals surface area contributed by atoms with E-state index in [2.05, 4.69) is 24.0 Å². The van der Waals surface area contributed by atoms with Crippen LogP contribution in [0.2, 0.25) is 0 Å². The second-order valence-corrected chi connectivity index (χ2v) is 16.6. The zero-order valence-corrected chi connectivity index (χ0v) is 31.3. The molecule has 0 bridgehead atoms. The number of amides is 1. The molecule has 2 aromatic heterocycles. The van der Waals surface area contributed by atoms with E-state index in [1.807, 2.05) is 26.0 Å². The molecule has 7 rings (SSSR count). The normalized spacial score (nSPS) is 15.4. The molecular formula is C41H45N5O5S. The minimum Gasteiger partial charge on any atom is -0.390 e. The number of aromatic nitrogens is 3. The molecule has 11 heteroatoms. The van der Waals surface area contributed by atoms with Gasteiger partial charge in [0.05, 0.1) is 22.4 Å². The topological polar surface area (TPSA) is 126 Å². The van der Waals surface area contributed by atoms with Crippen molar-refractivity contribution in [3.8, 4) is 22.4 Å². The number of hydrogen-bond donors (Lipinski definition) is 1. The molecule has 10 nitrogen and oxygen atoms in total. The molecule has 52 heavy (non-hydrogen) atoms. The summed E-state index contributed by atoms with van der Waals surface area (Å²) < 4.78 is 29.3. The molecule has 5 aromatic rings. The van der Waals surface area contributed by atoms with Crippen LogP contribution in [0.3, 0.4) is 0 Å². The lowest BCUT2D eigenvalue weighted by Crippen LogP contribution is -2.32. The average molecular weight is 720 g/mol. The van der Waals surface area contributed by atoms with Crippen LogP contribution in [-0.2, 0) is 27.8 Å². The van der Waals surface area contributed by atoms with Crippen molar-refractivity contribution in [1.29, 1.82) is 0 Å². The Morgan fingerprint density at radius 1 is 0.942 bits per heavy atom. The Morgan fingerprint density at radius 3 is 2.37 bits per heavy atom. The number of hydrogen-bond acceptors (Lipinski definition) is 8. The van der Waals surface area contributed by atoms with E-state index >= 15 is 0 Å². The van der Waals surface area contributed by atoms with E-state index in [9.17, 15) is 23.1 Å². The third-order valence-electron chi connectivity index (χ3n) is 10.6. The molecule has 3 aromatic carbocycles. The minimum absolute atomic E-state index is 0.114. The number of aryl methyl sites for hydroxylation is 3. The number of Topliss-reactive ketones (excluding diaryl/α,β-unsaturated/α-hetero) is 1. The van der Waals surface area contributed by atoms with Crippen LogP contribution in [0.5, 0.6) is 0 Å². The molecule has 1 saturated carbocycles. The van der Waals surface area contributed by atoms with Crippen molar-refractivity contribution in [2.75, 3.05) is 27.2 Å². The van der Waals surface area contributed by atoms with Gasteiger partial charge in [0.25, 0.3) is 15.9 Å². The number of carbonyl (C=O) groups excluding carboxylic acids is 2. The van der Waals surface area contributed by atoms with Crippen LogP contribution < -0.4 is 0 Å². The molecule has 1 aliphatic heterocycles. The number of carbonyl (C=O) groups is 2. The predicted octanol–water partition coefficient (Wildman–Crippen LogP) is 6.25. The van der Waals surface area contributed by atoms with Crippen LogP contribution in [-0.4, -0.2) is 81.7 Å². The van der Waals surface area contributed by atoms with E-state index in [0.717, 1.165) is 53.6 Å². The molecule has 0 atom stereocenters. The fourth-order valence-electron chi connectivity index (χ4n) is 7.13. The van der Waals surface area contributed by atoms with Crippen molar-refractivity contribution in [2.24, 2.45) is 0 Å². The quantitative estimate of drug-likeness (QED) is 0.170. The van der Waals surface area contributed by atoms with Crippen LogP contribution in [0.25, 0.3) is 33.5 Å².